The molecule has 1 heterocycles. The minimum atomic E-state index is -0.645. The number of aromatic nitrogens is 1. The lowest BCUT2D eigenvalue weighted by Gasteiger charge is -2.08. The first-order valence-electron chi connectivity index (χ1n) is 4.47. The van der Waals surface area contributed by atoms with Gasteiger partial charge in [-0.05, 0) is 6.07 Å². The van der Waals surface area contributed by atoms with Crippen molar-refractivity contribution in [3.63, 3.8) is 0 Å². The summed E-state index contributed by atoms with van der Waals surface area (Å²) in [6, 6.07) is 9.60. The van der Waals surface area contributed by atoms with Gasteiger partial charge in [-0.25, -0.2) is 0 Å². The normalized spacial score (nSPS) is 12.6. The molecule has 0 aliphatic carbocycles. The van der Waals surface area contributed by atoms with Gasteiger partial charge in [-0.3, -0.25) is 4.98 Å². The van der Waals surface area contributed by atoms with Crippen molar-refractivity contribution in [1.29, 1.82) is 0 Å². The van der Waals surface area contributed by atoms with E-state index in [4.69, 9.17) is 0 Å². The zero-order chi connectivity index (χ0) is 9.97. The average Bonchev–Trinajstić information content (AvgIpc) is 2.27. The van der Waals surface area contributed by atoms with Crippen LogP contribution in [0.3, 0.4) is 0 Å². The van der Waals surface area contributed by atoms with Crippen LogP contribution < -0.4 is 0 Å². The van der Waals surface area contributed by atoms with Crippen LogP contribution in [0.5, 0.6) is 0 Å². The number of aliphatic hydroxyl groups excluding tert-OH is 1. The number of rotatable bonds is 2. The van der Waals surface area contributed by atoms with E-state index in [0.29, 0.717) is 0 Å². The van der Waals surface area contributed by atoms with Crippen LogP contribution in [0, 0.1) is 0 Å². The van der Waals surface area contributed by atoms with Crippen molar-refractivity contribution in [3.05, 3.63) is 54.7 Å². The molecule has 1 aromatic carbocycles. The summed E-state index contributed by atoms with van der Waals surface area (Å²) in [5.74, 6) is 0. The summed E-state index contributed by atoms with van der Waals surface area (Å²) in [4.78, 5) is 4.24. The Labute approximate surface area is 82.5 Å². The molecule has 70 valence electrons. The van der Waals surface area contributed by atoms with E-state index in [-0.39, 0.29) is 0 Å². The number of benzene rings is 1. The van der Waals surface area contributed by atoms with Crippen molar-refractivity contribution < 1.29 is 5.11 Å². The summed E-state index contributed by atoms with van der Waals surface area (Å²) in [7, 11) is 0. The molecule has 1 atom stereocenters. The van der Waals surface area contributed by atoms with Gasteiger partial charge in [0.15, 0.2) is 0 Å². The maximum Gasteiger partial charge on any atom is 0.0990 e. The summed E-state index contributed by atoms with van der Waals surface area (Å²) in [5.41, 5.74) is 1.64. The van der Waals surface area contributed by atoms with Gasteiger partial charge in [0, 0.05) is 17.1 Å². The van der Waals surface area contributed by atoms with Crippen LogP contribution in [0.15, 0.2) is 49.2 Å². The molecule has 1 aromatic heterocycles. The number of hydrogen-bond donors (Lipinski definition) is 1. The van der Waals surface area contributed by atoms with Crippen LogP contribution in [0.2, 0.25) is 0 Å². The number of nitrogens with zero attached hydrogens (tertiary/aromatic N) is 1. The zero-order valence-corrected chi connectivity index (χ0v) is 7.72. The van der Waals surface area contributed by atoms with Crippen molar-refractivity contribution in [2.75, 3.05) is 0 Å². The average molecular weight is 185 g/mol. The lowest BCUT2D eigenvalue weighted by atomic mass is 10.1. The minimum absolute atomic E-state index is 0.645. The lowest BCUT2D eigenvalue weighted by molar-refractivity contribution is 0.230. The Morgan fingerprint density at radius 2 is 2.07 bits per heavy atom. The van der Waals surface area contributed by atoms with Gasteiger partial charge in [0.05, 0.1) is 11.6 Å². The summed E-state index contributed by atoms with van der Waals surface area (Å²) in [5, 5.41) is 10.7. The third kappa shape index (κ3) is 1.40. The fourth-order valence-corrected chi connectivity index (χ4v) is 1.49. The molecule has 1 unspecified atom stereocenters. The molecule has 0 bridgehead atoms. The van der Waals surface area contributed by atoms with E-state index in [9.17, 15) is 5.11 Å². The maximum atomic E-state index is 9.67. The molecule has 0 fully saturated rings. The predicted octanol–water partition coefficient (Wildman–Crippen LogP) is 2.45. The molecule has 0 aliphatic heterocycles. The molecule has 0 saturated carbocycles. The first kappa shape index (κ1) is 8.91. The number of aliphatic hydroxyl groups is 1. The SMILES string of the molecule is C=CC(O)c1cccc2cccnc12. The number of fused-ring (bicyclic) bond motifs is 1. The van der Waals surface area contributed by atoms with Crippen LogP contribution in [0.25, 0.3) is 10.9 Å². The fourth-order valence-electron chi connectivity index (χ4n) is 1.49. The largest absolute Gasteiger partial charge is 0.384 e. The molecule has 1 N–H and O–H groups in total. The Hall–Kier alpha value is -1.67. The third-order valence-electron chi connectivity index (χ3n) is 2.21. The van der Waals surface area contributed by atoms with Gasteiger partial charge in [0.1, 0.15) is 0 Å². The molecule has 2 aromatic rings. The number of hydrogen-bond acceptors (Lipinski definition) is 2. The van der Waals surface area contributed by atoms with Crippen molar-refractivity contribution >= 4 is 10.9 Å². The lowest BCUT2D eigenvalue weighted by Crippen LogP contribution is -1.94. The van der Waals surface area contributed by atoms with Crippen LogP contribution in [-0.2, 0) is 0 Å². The molecule has 0 amide bonds. The van der Waals surface area contributed by atoms with E-state index < -0.39 is 6.10 Å². The Morgan fingerprint density at radius 1 is 1.29 bits per heavy atom. The minimum Gasteiger partial charge on any atom is -0.384 e. The first-order valence-corrected chi connectivity index (χ1v) is 4.47. The van der Waals surface area contributed by atoms with E-state index in [2.05, 4.69) is 11.6 Å². The Balaban J connectivity index is 2.70. The molecule has 0 aliphatic rings. The molecular weight excluding hydrogens is 174 g/mol. The van der Waals surface area contributed by atoms with E-state index in [1.165, 1.54) is 6.08 Å². The van der Waals surface area contributed by atoms with Gasteiger partial charge in [0.25, 0.3) is 0 Å². The molecule has 14 heavy (non-hydrogen) atoms. The zero-order valence-electron chi connectivity index (χ0n) is 7.72. The van der Waals surface area contributed by atoms with Crippen LogP contribution in [0.1, 0.15) is 11.7 Å². The van der Waals surface area contributed by atoms with Crippen LogP contribution >= 0.6 is 0 Å². The highest BCUT2D eigenvalue weighted by atomic mass is 16.3. The van der Waals surface area contributed by atoms with Gasteiger partial charge < -0.3 is 5.11 Å². The summed E-state index contributed by atoms with van der Waals surface area (Å²) >= 11 is 0. The summed E-state index contributed by atoms with van der Waals surface area (Å²) in [6.07, 6.45) is 2.58. The highest BCUT2D eigenvalue weighted by molar-refractivity contribution is 5.82. The van der Waals surface area contributed by atoms with Gasteiger partial charge >= 0.3 is 0 Å². The Morgan fingerprint density at radius 3 is 2.86 bits per heavy atom. The topological polar surface area (TPSA) is 33.1 Å². The highest BCUT2D eigenvalue weighted by Gasteiger charge is 2.07. The van der Waals surface area contributed by atoms with Crippen molar-refractivity contribution in [2.24, 2.45) is 0 Å². The molecule has 2 heteroatoms. The van der Waals surface area contributed by atoms with Crippen LogP contribution in [0.4, 0.5) is 0 Å². The number of para-hydroxylation sites is 1. The second-order valence-corrected chi connectivity index (χ2v) is 3.10. The van der Waals surface area contributed by atoms with Gasteiger partial charge in [-0.1, -0.05) is 30.3 Å². The van der Waals surface area contributed by atoms with Gasteiger partial charge in [0.2, 0.25) is 0 Å². The third-order valence-corrected chi connectivity index (χ3v) is 2.21. The Kier molecular flexibility index (Phi) is 2.29. The maximum absolute atomic E-state index is 9.67. The molecule has 0 radical (unpaired) electrons. The standard InChI is InChI=1S/C12H11NO/c1-2-11(14)10-7-3-5-9-6-4-8-13-12(9)10/h2-8,11,14H,1H2. The van der Waals surface area contributed by atoms with E-state index in [1.807, 2.05) is 30.3 Å². The van der Waals surface area contributed by atoms with Gasteiger partial charge in [-0.2, -0.15) is 0 Å². The second-order valence-electron chi connectivity index (χ2n) is 3.10. The number of pyridine rings is 1. The molecule has 0 saturated heterocycles. The van der Waals surface area contributed by atoms with E-state index in [0.717, 1.165) is 16.5 Å². The van der Waals surface area contributed by atoms with Crippen LogP contribution in [-0.4, -0.2) is 10.1 Å². The molecule has 2 nitrogen and oxygen atoms in total. The molecule has 0 spiro atoms. The van der Waals surface area contributed by atoms with Crippen molar-refractivity contribution in [2.45, 2.75) is 6.10 Å². The van der Waals surface area contributed by atoms with E-state index >= 15 is 0 Å². The second kappa shape index (κ2) is 3.60. The summed E-state index contributed by atoms with van der Waals surface area (Å²) < 4.78 is 0. The summed E-state index contributed by atoms with van der Waals surface area (Å²) in [6.45, 7) is 3.57. The van der Waals surface area contributed by atoms with E-state index in [1.54, 1.807) is 6.20 Å². The Bertz CT molecular complexity index is 459. The quantitative estimate of drug-likeness (QED) is 0.729. The molecular formula is C12H11NO. The predicted molar refractivity (Wildman–Crippen MR) is 56.9 cm³/mol. The van der Waals surface area contributed by atoms with Gasteiger partial charge in [-0.15, -0.1) is 6.58 Å². The highest BCUT2D eigenvalue weighted by Crippen LogP contribution is 2.22. The monoisotopic (exact) mass is 185 g/mol. The molecule has 2 rings (SSSR count). The van der Waals surface area contributed by atoms with Crippen molar-refractivity contribution in [3.8, 4) is 0 Å². The fraction of sp³-hybridized carbons (Fsp3) is 0.0833. The van der Waals surface area contributed by atoms with Crippen molar-refractivity contribution in [1.82, 2.24) is 4.98 Å². The smallest absolute Gasteiger partial charge is 0.0990 e. The first-order chi connectivity index (χ1) is 6.83.